The van der Waals surface area contributed by atoms with E-state index in [1.165, 1.54) is 12.1 Å². The van der Waals surface area contributed by atoms with Gasteiger partial charge in [-0.1, -0.05) is 13.8 Å². The monoisotopic (exact) mass is 269 g/mol. The molecule has 106 valence electrons. The Morgan fingerprint density at radius 3 is 2.63 bits per heavy atom. The molecule has 1 heterocycles. The Bertz CT molecular complexity index is 440. The van der Waals surface area contributed by atoms with Crippen LogP contribution in [0.3, 0.4) is 0 Å². The summed E-state index contributed by atoms with van der Waals surface area (Å²) in [4.78, 5) is 12.0. The molecule has 1 fully saturated rings. The molecule has 1 aromatic carbocycles. The van der Waals surface area contributed by atoms with Gasteiger partial charge in [0.25, 0.3) is 5.69 Å². The predicted molar refractivity (Wildman–Crippen MR) is 74.1 cm³/mol. The van der Waals surface area contributed by atoms with Crippen molar-refractivity contribution in [3.63, 3.8) is 0 Å². The number of nitro benzene ring substituents is 1. The van der Waals surface area contributed by atoms with Gasteiger partial charge in [-0.05, 0) is 19.5 Å². The van der Waals surface area contributed by atoms with Gasteiger partial charge in [0.15, 0.2) is 0 Å². The Kier molecular flexibility index (Phi) is 5.69. The molecule has 2 rings (SSSR count). The van der Waals surface area contributed by atoms with E-state index in [-0.39, 0.29) is 5.69 Å². The molecule has 6 heteroatoms. The zero-order chi connectivity index (χ0) is 14.4. The van der Waals surface area contributed by atoms with Crippen LogP contribution in [-0.4, -0.2) is 31.1 Å². The van der Waals surface area contributed by atoms with Crippen LogP contribution in [0.4, 0.5) is 15.8 Å². The average Bonchev–Trinajstić information content (AvgIpc) is 2.89. The van der Waals surface area contributed by atoms with Crippen LogP contribution in [0.1, 0.15) is 20.3 Å². The molecule has 1 atom stereocenters. The number of rotatable bonds is 3. The van der Waals surface area contributed by atoms with E-state index in [0.717, 1.165) is 25.6 Å². The molecule has 0 bridgehead atoms. The topological polar surface area (TPSA) is 58.4 Å². The van der Waals surface area contributed by atoms with E-state index in [2.05, 4.69) is 5.32 Å². The highest BCUT2D eigenvalue weighted by Crippen LogP contribution is 2.26. The fourth-order valence-electron chi connectivity index (χ4n) is 2.08. The van der Waals surface area contributed by atoms with Crippen molar-refractivity contribution in [2.75, 3.05) is 25.0 Å². The summed E-state index contributed by atoms with van der Waals surface area (Å²) in [7, 11) is 1.88. The van der Waals surface area contributed by atoms with E-state index in [0.29, 0.717) is 11.7 Å². The highest BCUT2D eigenvalue weighted by atomic mass is 19.1. The lowest BCUT2D eigenvalue weighted by Gasteiger charge is -2.18. The van der Waals surface area contributed by atoms with Crippen LogP contribution in [0.5, 0.6) is 0 Å². The summed E-state index contributed by atoms with van der Waals surface area (Å²) in [6.45, 7) is 5.53. The Labute approximate surface area is 112 Å². The first-order valence-electron chi connectivity index (χ1n) is 6.47. The largest absolute Gasteiger partial charge is 0.370 e. The van der Waals surface area contributed by atoms with Gasteiger partial charge in [0.2, 0.25) is 0 Å². The van der Waals surface area contributed by atoms with Gasteiger partial charge in [0, 0.05) is 30.9 Å². The summed E-state index contributed by atoms with van der Waals surface area (Å²) in [5.41, 5.74) is 0.377. The van der Waals surface area contributed by atoms with Crippen LogP contribution in [0.25, 0.3) is 0 Å². The fraction of sp³-hybridized carbons (Fsp3) is 0.538. The second-order valence-electron chi connectivity index (χ2n) is 4.15. The molecule has 1 unspecified atom stereocenters. The van der Waals surface area contributed by atoms with Gasteiger partial charge in [-0.3, -0.25) is 10.1 Å². The lowest BCUT2D eigenvalue weighted by atomic mass is 10.2. The first-order valence-corrected chi connectivity index (χ1v) is 6.47. The highest BCUT2D eigenvalue weighted by molar-refractivity contribution is 5.54. The maximum absolute atomic E-state index is 13.3. The molecule has 1 saturated heterocycles. The lowest BCUT2D eigenvalue weighted by molar-refractivity contribution is -0.385. The minimum absolute atomic E-state index is 0.201. The Hall–Kier alpha value is -1.69. The number of hydrogen-bond donors (Lipinski definition) is 1. The van der Waals surface area contributed by atoms with E-state index in [1.54, 1.807) is 0 Å². The molecule has 0 spiro atoms. The van der Waals surface area contributed by atoms with E-state index >= 15 is 0 Å². The standard InChI is InChI=1S/C11H14FN3O2.C2H6/c1-13-9-2-3-14(7-9)10-4-8(12)5-11(6-10)15(16)17;1-2/h4-6,9,13H,2-3,7H2,1H3;1-2H3. The maximum atomic E-state index is 13.3. The van der Waals surface area contributed by atoms with Crippen molar-refractivity contribution < 1.29 is 9.31 Å². The molecule has 0 aromatic heterocycles. The number of anilines is 1. The fourth-order valence-corrected chi connectivity index (χ4v) is 2.08. The highest BCUT2D eigenvalue weighted by Gasteiger charge is 2.23. The van der Waals surface area contributed by atoms with Crippen molar-refractivity contribution >= 4 is 11.4 Å². The van der Waals surface area contributed by atoms with Crippen molar-refractivity contribution in [2.45, 2.75) is 26.3 Å². The number of hydrogen-bond acceptors (Lipinski definition) is 4. The van der Waals surface area contributed by atoms with Gasteiger partial charge < -0.3 is 10.2 Å². The Morgan fingerprint density at radius 1 is 1.42 bits per heavy atom. The second-order valence-corrected chi connectivity index (χ2v) is 4.15. The molecule has 0 aliphatic carbocycles. The van der Waals surface area contributed by atoms with Crippen molar-refractivity contribution in [3.05, 3.63) is 34.1 Å². The third kappa shape index (κ3) is 3.89. The van der Waals surface area contributed by atoms with Gasteiger partial charge in [0.05, 0.1) is 11.0 Å². The summed E-state index contributed by atoms with van der Waals surface area (Å²) in [5, 5.41) is 13.8. The van der Waals surface area contributed by atoms with Crippen LogP contribution in [-0.2, 0) is 0 Å². The first-order chi connectivity index (χ1) is 9.10. The average molecular weight is 269 g/mol. The van der Waals surface area contributed by atoms with Gasteiger partial charge >= 0.3 is 0 Å². The van der Waals surface area contributed by atoms with E-state index in [1.807, 2.05) is 25.8 Å². The minimum Gasteiger partial charge on any atom is -0.370 e. The number of nitrogens with one attached hydrogen (secondary N) is 1. The Morgan fingerprint density at radius 2 is 2.11 bits per heavy atom. The molecule has 19 heavy (non-hydrogen) atoms. The second kappa shape index (κ2) is 7.04. The smallest absolute Gasteiger partial charge is 0.274 e. The number of benzene rings is 1. The van der Waals surface area contributed by atoms with Crippen molar-refractivity contribution in [2.24, 2.45) is 0 Å². The normalized spacial score (nSPS) is 17.9. The molecule has 0 saturated carbocycles. The van der Waals surface area contributed by atoms with Crippen LogP contribution in [0, 0.1) is 15.9 Å². The van der Waals surface area contributed by atoms with Gasteiger partial charge in [-0.2, -0.15) is 0 Å². The third-order valence-corrected chi connectivity index (χ3v) is 3.04. The number of halogens is 1. The van der Waals surface area contributed by atoms with Crippen molar-refractivity contribution in [1.82, 2.24) is 5.32 Å². The van der Waals surface area contributed by atoms with E-state index in [4.69, 9.17) is 0 Å². The summed E-state index contributed by atoms with van der Waals surface area (Å²) in [5.74, 6) is -0.567. The molecule has 0 radical (unpaired) electrons. The number of likely N-dealkylation sites (N-methyl/N-ethyl adjacent to an activating group) is 1. The molecule has 1 aromatic rings. The summed E-state index contributed by atoms with van der Waals surface area (Å²) >= 11 is 0. The van der Waals surface area contributed by atoms with Crippen LogP contribution in [0.2, 0.25) is 0 Å². The van der Waals surface area contributed by atoms with Crippen LogP contribution >= 0.6 is 0 Å². The van der Waals surface area contributed by atoms with Gasteiger partial charge in [-0.15, -0.1) is 0 Å². The summed E-state index contributed by atoms with van der Waals surface area (Å²) in [6.07, 6.45) is 0.959. The lowest BCUT2D eigenvalue weighted by Crippen LogP contribution is -2.29. The molecular formula is C13H20FN3O2. The third-order valence-electron chi connectivity index (χ3n) is 3.04. The van der Waals surface area contributed by atoms with E-state index < -0.39 is 10.7 Å². The predicted octanol–water partition coefficient (Wildman–Crippen LogP) is 2.56. The number of nitro groups is 1. The summed E-state index contributed by atoms with van der Waals surface area (Å²) < 4.78 is 13.3. The van der Waals surface area contributed by atoms with E-state index in [9.17, 15) is 14.5 Å². The summed E-state index contributed by atoms with van der Waals surface area (Å²) in [6, 6.07) is 4.05. The Balaban J connectivity index is 0.000000861. The van der Waals surface area contributed by atoms with Gasteiger partial charge in [-0.25, -0.2) is 4.39 Å². The minimum atomic E-state index is -0.571. The molecule has 1 aliphatic heterocycles. The van der Waals surface area contributed by atoms with Crippen LogP contribution < -0.4 is 10.2 Å². The first kappa shape index (κ1) is 15.4. The zero-order valence-corrected chi connectivity index (χ0v) is 11.5. The molecule has 1 N–H and O–H groups in total. The van der Waals surface area contributed by atoms with Crippen LogP contribution in [0.15, 0.2) is 18.2 Å². The molecule has 0 amide bonds. The SMILES string of the molecule is CC.CNC1CCN(c2cc(F)cc([N+](=O)[O-])c2)C1. The molecule has 5 nitrogen and oxygen atoms in total. The molecule has 1 aliphatic rings. The van der Waals surface area contributed by atoms with Crippen molar-refractivity contribution in [3.8, 4) is 0 Å². The maximum Gasteiger partial charge on any atom is 0.274 e. The number of non-ortho nitro benzene ring substituents is 1. The van der Waals surface area contributed by atoms with Gasteiger partial charge in [0.1, 0.15) is 5.82 Å². The quantitative estimate of drug-likeness (QED) is 0.676. The molecular weight excluding hydrogens is 249 g/mol. The van der Waals surface area contributed by atoms with Crippen molar-refractivity contribution in [1.29, 1.82) is 0 Å². The zero-order valence-electron chi connectivity index (χ0n) is 11.5. The number of nitrogens with zero attached hydrogens (tertiary/aromatic N) is 2.